The van der Waals surface area contributed by atoms with Crippen molar-refractivity contribution in [1.29, 1.82) is 0 Å². The lowest BCUT2D eigenvalue weighted by Crippen LogP contribution is -2.43. The van der Waals surface area contributed by atoms with E-state index in [1.165, 1.54) is 11.3 Å². The van der Waals surface area contributed by atoms with Gasteiger partial charge in [0, 0.05) is 49.7 Å². The van der Waals surface area contributed by atoms with Gasteiger partial charge in [0.15, 0.2) is 5.13 Å². The first-order chi connectivity index (χ1) is 19.4. The lowest BCUT2D eigenvalue weighted by Gasteiger charge is -2.29. The molecule has 4 rings (SSSR count). The average Bonchev–Trinajstić information content (AvgIpc) is 3.40. The molecular weight excluding hydrogens is 565 g/mol. The molecule has 1 aliphatic heterocycles. The molecule has 8 nitrogen and oxygen atoms in total. The summed E-state index contributed by atoms with van der Waals surface area (Å²) in [6.45, 7) is 9.36. The van der Waals surface area contributed by atoms with Gasteiger partial charge in [-0.3, -0.25) is 14.6 Å². The fourth-order valence-electron chi connectivity index (χ4n) is 4.58. The number of fused-ring (bicyclic) bond motifs is 1. The van der Waals surface area contributed by atoms with E-state index in [1.54, 1.807) is 45.2 Å². The number of unbranched alkanes of at least 4 members (excludes halogenated alkanes) is 2. The number of aromatic nitrogens is 1. The smallest absolute Gasteiger partial charge is 0.260 e. The molecule has 0 bridgehead atoms. The van der Waals surface area contributed by atoms with Crippen LogP contribution < -0.4 is 4.90 Å². The molecular formula is C29H40N4O4S3. The summed E-state index contributed by atoms with van der Waals surface area (Å²) in [5.74, 6) is -0.185. The van der Waals surface area contributed by atoms with E-state index in [9.17, 15) is 13.2 Å². The van der Waals surface area contributed by atoms with Gasteiger partial charge < -0.3 is 4.74 Å². The van der Waals surface area contributed by atoms with Crippen molar-refractivity contribution in [2.75, 3.05) is 63.6 Å². The van der Waals surface area contributed by atoms with Gasteiger partial charge >= 0.3 is 0 Å². The van der Waals surface area contributed by atoms with Crippen LogP contribution in [0.3, 0.4) is 0 Å². The molecule has 1 amide bonds. The van der Waals surface area contributed by atoms with E-state index in [1.807, 2.05) is 18.4 Å². The largest absolute Gasteiger partial charge is 0.379 e. The van der Waals surface area contributed by atoms with Crippen molar-refractivity contribution >= 4 is 54.4 Å². The summed E-state index contributed by atoms with van der Waals surface area (Å²) in [7, 11) is -3.63. The minimum Gasteiger partial charge on any atom is -0.379 e. The summed E-state index contributed by atoms with van der Waals surface area (Å²) >= 11 is 3.18. The number of carbonyl (C=O) groups excluding carboxylic acids is 1. The van der Waals surface area contributed by atoms with Crippen molar-refractivity contribution in [3.05, 3.63) is 48.0 Å². The van der Waals surface area contributed by atoms with E-state index in [0.717, 1.165) is 53.9 Å². The van der Waals surface area contributed by atoms with Crippen LogP contribution in [0.25, 0.3) is 10.2 Å². The van der Waals surface area contributed by atoms with Crippen molar-refractivity contribution in [2.24, 2.45) is 0 Å². The number of hydrogen-bond donors (Lipinski definition) is 0. The number of thiazole rings is 1. The zero-order chi connectivity index (χ0) is 28.5. The molecule has 0 N–H and O–H groups in total. The van der Waals surface area contributed by atoms with Crippen LogP contribution >= 0.6 is 23.1 Å². The molecule has 2 heterocycles. The molecule has 0 radical (unpaired) electrons. The predicted octanol–water partition coefficient (Wildman–Crippen LogP) is 5.59. The molecule has 1 saturated heterocycles. The zero-order valence-electron chi connectivity index (χ0n) is 23.7. The fourth-order valence-corrected chi connectivity index (χ4v) is 7.64. The Morgan fingerprint density at radius 2 is 1.70 bits per heavy atom. The Bertz CT molecular complexity index is 1350. The van der Waals surface area contributed by atoms with Crippen LogP contribution in [0.1, 0.15) is 49.9 Å². The van der Waals surface area contributed by atoms with Gasteiger partial charge in [0.25, 0.3) is 5.91 Å². The minimum absolute atomic E-state index is 0.185. The molecule has 2 aromatic carbocycles. The highest BCUT2D eigenvalue weighted by molar-refractivity contribution is 7.98. The number of thioether (sulfide) groups is 1. The number of nitrogens with zero attached hydrogens (tertiary/aromatic N) is 4. The summed E-state index contributed by atoms with van der Waals surface area (Å²) in [5.41, 5.74) is 1.31. The van der Waals surface area contributed by atoms with E-state index >= 15 is 0 Å². The topological polar surface area (TPSA) is 83.1 Å². The Morgan fingerprint density at radius 1 is 1.02 bits per heavy atom. The van der Waals surface area contributed by atoms with Crippen LogP contribution in [0.4, 0.5) is 5.13 Å². The molecule has 1 fully saturated rings. The van der Waals surface area contributed by atoms with Crippen LogP contribution in [0.2, 0.25) is 0 Å². The number of morpholine rings is 1. The minimum atomic E-state index is -3.63. The number of ether oxygens (including phenoxy) is 1. The summed E-state index contributed by atoms with van der Waals surface area (Å²) in [6, 6.07) is 12.5. The molecule has 0 aliphatic carbocycles. The van der Waals surface area contributed by atoms with Gasteiger partial charge in [-0.1, -0.05) is 38.0 Å². The third-order valence-electron chi connectivity index (χ3n) is 7.07. The van der Waals surface area contributed by atoms with Crippen molar-refractivity contribution in [3.63, 3.8) is 0 Å². The Hall–Kier alpha value is -2.02. The molecule has 0 saturated carbocycles. The van der Waals surface area contributed by atoms with Crippen LogP contribution in [0.15, 0.2) is 52.3 Å². The van der Waals surface area contributed by atoms with E-state index in [0.29, 0.717) is 50.1 Å². The van der Waals surface area contributed by atoms with Gasteiger partial charge in [0.05, 0.1) is 28.3 Å². The highest BCUT2D eigenvalue weighted by Gasteiger charge is 2.26. The molecule has 40 heavy (non-hydrogen) atoms. The molecule has 3 aromatic rings. The van der Waals surface area contributed by atoms with Crippen LogP contribution in [-0.2, 0) is 14.8 Å². The van der Waals surface area contributed by atoms with Crippen molar-refractivity contribution in [2.45, 2.75) is 49.3 Å². The Labute approximate surface area is 246 Å². The Morgan fingerprint density at radius 3 is 2.33 bits per heavy atom. The Kier molecular flexibility index (Phi) is 11.4. The molecule has 1 aromatic heterocycles. The summed E-state index contributed by atoms with van der Waals surface area (Å²) in [6.07, 6.45) is 5.53. The van der Waals surface area contributed by atoms with E-state index < -0.39 is 10.0 Å². The highest BCUT2D eigenvalue weighted by atomic mass is 32.2. The number of carbonyl (C=O) groups is 1. The van der Waals surface area contributed by atoms with Crippen LogP contribution in [-0.4, -0.2) is 87.3 Å². The van der Waals surface area contributed by atoms with Gasteiger partial charge in [0.2, 0.25) is 10.0 Å². The third-order valence-corrected chi connectivity index (χ3v) is 10.7. The first-order valence-electron chi connectivity index (χ1n) is 14.0. The lowest BCUT2D eigenvalue weighted by atomic mass is 10.2. The molecule has 1 aliphatic rings. The zero-order valence-corrected chi connectivity index (χ0v) is 26.1. The predicted molar refractivity (Wildman–Crippen MR) is 165 cm³/mol. The number of hydrogen-bond acceptors (Lipinski definition) is 8. The second-order valence-corrected chi connectivity index (χ2v) is 13.7. The third kappa shape index (κ3) is 7.63. The number of anilines is 1. The molecule has 218 valence electrons. The normalized spacial score (nSPS) is 14.7. The van der Waals surface area contributed by atoms with Gasteiger partial charge in [-0.05, 0) is 61.6 Å². The van der Waals surface area contributed by atoms with Gasteiger partial charge in [-0.15, -0.1) is 11.8 Å². The molecule has 0 spiro atoms. The summed E-state index contributed by atoms with van der Waals surface area (Å²) in [5, 5.41) is 0.647. The molecule has 11 heteroatoms. The second kappa shape index (κ2) is 14.7. The SMILES string of the molecule is CCCCN(CCCC)S(=O)(=O)c1ccc(C(=O)N(CCN2CCOCC2)c2nc3ccc(SC)cc3s2)cc1. The number of amides is 1. The maximum Gasteiger partial charge on any atom is 0.260 e. The van der Waals surface area contributed by atoms with Gasteiger partial charge in [-0.2, -0.15) is 4.31 Å². The van der Waals surface area contributed by atoms with Crippen LogP contribution in [0, 0.1) is 0 Å². The first-order valence-corrected chi connectivity index (χ1v) is 17.5. The average molecular weight is 605 g/mol. The van der Waals surface area contributed by atoms with Crippen LogP contribution in [0.5, 0.6) is 0 Å². The quantitative estimate of drug-likeness (QED) is 0.222. The maximum absolute atomic E-state index is 13.9. The van der Waals surface area contributed by atoms with Gasteiger partial charge in [-0.25, -0.2) is 13.4 Å². The first kappa shape index (κ1) is 30.9. The van der Waals surface area contributed by atoms with Gasteiger partial charge in [0.1, 0.15) is 0 Å². The van der Waals surface area contributed by atoms with E-state index in [-0.39, 0.29) is 10.8 Å². The van der Waals surface area contributed by atoms with Crippen molar-refractivity contribution < 1.29 is 17.9 Å². The monoisotopic (exact) mass is 604 g/mol. The number of sulfonamides is 1. The van der Waals surface area contributed by atoms with Crippen molar-refractivity contribution in [3.8, 4) is 0 Å². The second-order valence-electron chi connectivity index (χ2n) is 9.88. The molecule has 0 unspecified atom stereocenters. The van der Waals surface area contributed by atoms with Crippen molar-refractivity contribution in [1.82, 2.24) is 14.2 Å². The lowest BCUT2D eigenvalue weighted by molar-refractivity contribution is 0.0391. The standard InChI is InChI=1S/C29H40N4O4S3/c1-4-6-14-32(15-7-5-2)40(35,36)25-11-8-23(9-12-25)28(34)33(17-16-31-18-20-37-21-19-31)29-30-26-13-10-24(38-3)22-27(26)39-29/h8-13,22H,4-7,14-21H2,1-3H3. The maximum atomic E-state index is 13.9. The number of rotatable bonds is 14. The fraction of sp³-hybridized carbons (Fsp3) is 0.517. The van der Waals surface area contributed by atoms with E-state index in [2.05, 4.69) is 24.8 Å². The highest BCUT2D eigenvalue weighted by Crippen LogP contribution is 2.32. The molecule has 0 atom stereocenters. The summed E-state index contributed by atoms with van der Waals surface area (Å²) < 4.78 is 34.9. The van der Waals surface area contributed by atoms with E-state index in [4.69, 9.17) is 9.72 Å². The number of benzene rings is 2. The Balaban J connectivity index is 1.59. The summed E-state index contributed by atoms with van der Waals surface area (Å²) in [4.78, 5) is 24.1.